The maximum Gasteiger partial charge on any atom is 0.306 e. The molecule has 1 aromatic carbocycles. The van der Waals surface area contributed by atoms with Crippen LogP contribution in [0.25, 0.3) is 11.3 Å². The van der Waals surface area contributed by atoms with Crippen LogP contribution in [-0.2, 0) is 27.2 Å². The summed E-state index contributed by atoms with van der Waals surface area (Å²) in [5, 5.41) is 0. The average molecular weight is 442 g/mol. The number of rotatable bonds is 11. The quantitative estimate of drug-likeness (QED) is 0.250. The Labute approximate surface area is 186 Å². The first-order chi connectivity index (χ1) is 15.4. The van der Waals surface area contributed by atoms with Crippen molar-refractivity contribution in [2.24, 2.45) is 0 Å². The van der Waals surface area contributed by atoms with Crippen LogP contribution in [0.1, 0.15) is 40.5 Å². The third-order valence-electron chi connectivity index (χ3n) is 5.20. The maximum absolute atomic E-state index is 13.8. The molecule has 32 heavy (non-hydrogen) atoms. The van der Waals surface area contributed by atoms with Gasteiger partial charge in [0.1, 0.15) is 5.82 Å². The summed E-state index contributed by atoms with van der Waals surface area (Å²) in [6.07, 6.45) is 2.45. The van der Waals surface area contributed by atoms with Crippen LogP contribution >= 0.6 is 0 Å². The molecule has 0 bridgehead atoms. The number of ketones is 1. The molecule has 8 heteroatoms. The topological polar surface area (TPSA) is 83.6 Å². The number of Topliss-reactive ketones (excluding diaryl/α,β-unsaturated/α-hetero) is 1. The summed E-state index contributed by atoms with van der Waals surface area (Å²) in [5.74, 6) is -0.597. The molecular formula is C24H27FN2O5. The fourth-order valence-electron chi connectivity index (χ4n) is 3.51. The molecule has 2 heterocycles. The second-order valence-electron chi connectivity index (χ2n) is 7.46. The number of halogens is 1. The van der Waals surface area contributed by atoms with E-state index in [0.717, 1.165) is 24.4 Å². The number of carbonyl (C=O) groups excluding carboxylic acids is 2. The summed E-state index contributed by atoms with van der Waals surface area (Å²) in [4.78, 5) is 28.7. The van der Waals surface area contributed by atoms with Crippen LogP contribution in [0.3, 0.4) is 0 Å². The minimum absolute atomic E-state index is 0.000540. The highest BCUT2D eigenvalue weighted by Gasteiger charge is 2.18. The van der Waals surface area contributed by atoms with Crippen LogP contribution < -0.4 is 0 Å². The molecule has 170 valence electrons. The van der Waals surface area contributed by atoms with Gasteiger partial charge in [-0.2, -0.15) is 0 Å². The van der Waals surface area contributed by atoms with Gasteiger partial charge in [0.15, 0.2) is 18.3 Å². The summed E-state index contributed by atoms with van der Waals surface area (Å²) in [5.41, 5.74) is 2.68. The Morgan fingerprint density at radius 2 is 2.00 bits per heavy atom. The summed E-state index contributed by atoms with van der Waals surface area (Å²) < 4.78 is 31.7. The molecule has 0 fully saturated rings. The smallest absolute Gasteiger partial charge is 0.306 e. The molecule has 0 N–H and O–H groups in total. The van der Waals surface area contributed by atoms with Gasteiger partial charge in [-0.25, -0.2) is 9.37 Å². The molecule has 3 aromatic rings. The first kappa shape index (κ1) is 23.4. The lowest BCUT2D eigenvalue weighted by atomic mass is 10.1. The Hall–Kier alpha value is -3.26. The summed E-state index contributed by atoms with van der Waals surface area (Å²) in [6, 6.07) is 8.03. The maximum atomic E-state index is 13.8. The van der Waals surface area contributed by atoms with Crippen molar-refractivity contribution in [3.8, 4) is 11.3 Å². The van der Waals surface area contributed by atoms with E-state index in [9.17, 15) is 14.0 Å². The standard InChI is InChI=1S/C24H27FN2O5/c1-16-13-19(17(2)27(16)11-6-12-30-3)21(28)15-31-24(29)10-9-23-26-14-22(32-23)18-7-4-5-8-20(18)25/h4-5,7-8,13-14H,6,9-12,15H2,1-3H3. The normalized spacial score (nSPS) is 11.0. The lowest BCUT2D eigenvalue weighted by Gasteiger charge is -2.09. The van der Waals surface area contributed by atoms with Crippen molar-refractivity contribution < 1.29 is 27.9 Å². The fourth-order valence-corrected chi connectivity index (χ4v) is 3.51. The molecule has 7 nitrogen and oxygen atoms in total. The van der Waals surface area contributed by atoms with E-state index in [1.165, 1.54) is 12.3 Å². The molecule has 0 radical (unpaired) electrons. The molecule has 3 rings (SSSR count). The lowest BCUT2D eigenvalue weighted by Crippen LogP contribution is -2.15. The van der Waals surface area contributed by atoms with Crippen molar-refractivity contribution in [3.05, 3.63) is 65.2 Å². The third-order valence-corrected chi connectivity index (χ3v) is 5.20. The van der Waals surface area contributed by atoms with Crippen LogP contribution in [0.15, 0.2) is 40.9 Å². The summed E-state index contributed by atoms with van der Waals surface area (Å²) in [6.45, 7) is 4.89. The molecular weight excluding hydrogens is 415 g/mol. The summed E-state index contributed by atoms with van der Waals surface area (Å²) >= 11 is 0. The number of hydrogen-bond acceptors (Lipinski definition) is 6. The molecule has 0 spiro atoms. The van der Waals surface area contributed by atoms with Crippen molar-refractivity contribution in [3.63, 3.8) is 0 Å². The van der Waals surface area contributed by atoms with Gasteiger partial charge in [0, 0.05) is 43.6 Å². The molecule has 0 aliphatic rings. The van der Waals surface area contributed by atoms with Gasteiger partial charge in [0.05, 0.1) is 18.2 Å². The number of ether oxygens (including phenoxy) is 2. The SMILES string of the molecule is COCCCn1c(C)cc(C(=O)COC(=O)CCc2ncc(-c3ccccc3F)o2)c1C. The van der Waals surface area contributed by atoms with Crippen LogP contribution in [0.2, 0.25) is 0 Å². The van der Waals surface area contributed by atoms with E-state index < -0.39 is 11.8 Å². The van der Waals surface area contributed by atoms with Gasteiger partial charge in [0.2, 0.25) is 5.78 Å². The van der Waals surface area contributed by atoms with Gasteiger partial charge in [-0.15, -0.1) is 0 Å². The zero-order chi connectivity index (χ0) is 23.1. The zero-order valence-electron chi connectivity index (χ0n) is 18.5. The molecule has 0 aliphatic carbocycles. The van der Waals surface area contributed by atoms with Gasteiger partial charge < -0.3 is 18.5 Å². The van der Waals surface area contributed by atoms with Crippen molar-refractivity contribution in [1.82, 2.24) is 9.55 Å². The number of methoxy groups -OCH3 is 1. The zero-order valence-corrected chi connectivity index (χ0v) is 18.5. The predicted octanol–water partition coefficient (Wildman–Crippen LogP) is 4.29. The van der Waals surface area contributed by atoms with Crippen LogP contribution in [0.4, 0.5) is 4.39 Å². The highest BCUT2D eigenvalue weighted by atomic mass is 19.1. The van der Waals surface area contributed by atoms with Crippen LogP contribution in [0.5, 0.6) is 0 Å². The molecule has 0 saturated heterocycles. The highest BCUT2D eigenvalue weighted by molar-refractivity contribution is 5.99. The molecule has 0 unspecified atom stereocenters. The van der Waals surface area contributed by atoms with E-state index in [-0.39, 0.29) is 25.2 Å². The Bertz CT molecular complexity index is 1090. The molecule has 0 atom stereocenters. The largest absolute Gasteiger partial charge is 0.457 e. The van der Waals surface area contributed by atoms with Gasteiger partial charge in [-0.1, -0.05) is 12.1 Å². The summed E-state index contributed by atoms with van der Waals surface area (Å²) in [7, 11) is 1.66. The first-order valence-electron chi connectivity index (χ1n) is 10.4. The number of hydrogen-bond donors (Lipinski definition) is 0. The fraction of sp³-hybridized carbons (Fsp3) is 0.375. The Balaban J connectivity index is 1.50. The number of aromatic nitrogens is 2. The van der Waals surface area contributed by atoms with Gasteiger partial charge in [-0.05, 0) is 38.5 Å². The number of esters is 1. The Morgan fingerprint density at radius 3 is 2.75 bits per heavy atom. The molecule has 0 saturated carbocycles. The average Bonchev–Trinajstić information content (AvgIpc) is 3.36. The number of nitrogens with zero attached hydrogens (tertiary/aromatic N) is 2. The van der Waals surface area contributed by atoms with E-state index >= 15 is 0 Å². The number of carbonyl (C=O) groups is 2. The van der Waals surface area contributed by atoms with Gasteiger partial charge in [-0.3, -0.25) is 9.59 Å². The van der Waals surface area contributed by atoms with E-state index in [2.05, 4.69) is 9.55 Å². The second kappa shape index (κ2) is 10.9. The van der Waals surface area contributed by atoms with Crippen molar-refractivity contribution in [1.29, 1.82) is 0 Å². The first-order valence-corrected chi connectivity index (χ1v) is 10.4. The van der Waals surface area contributed by atoms with E-state index in [1.54, 1.807) is 25.3 Å². The van der Waals surface area contributed by atoms with Crippen molar-refractivity contribution in [2.75, 3.05) is 20.3 Å². The number of aryl methyl sites for hydroxylation is 2. The van der Waals surface area contributed by atoms with E-state index in [1.807, 2.05) is 19.9 Å². The minimum Gasteiger partial charge on any atom is -0.457 e. The lowest BCUT2D eigenvalue weighted by molar-refractivity contribution is -0.142. The van der Waals surface area contributed by atoms with Gasteiger partial charge in [0.25, 0.3) is 0 Å². The predicted molar refractivity (Wildman–Crippen MR) is 116 cm³/mol. The van der Waals surface area contributed by atoms with E-state index in [0.29, 0.717) is 29.4 Å². The van der Waals surface area contributed by atoms with E-state index in [4.69, 9.17) is 13.9 Å². The number of oxazole rings is 1. The Morgan fingerprint density at radius 1 is 1.22 bits per heavy atom. The number of benzene rings is 1. The molecule has 2 aromatic heterocycles. The van der Waals surface area contributed by atoms with Crippen LogP contribution in [0, 0.1) is 19.7 Å². The molecule has 0 aliphatic heterocycles. The highest BCUT2D eigenvalue weighted by Crippen LogP contribution is 2.23. The molecule has 0 amide bonds. The second-order valence-corrected chi connectivity index (χ2v) is 7.46. The van der Waals surface area contributed by atoms with Crippen LogP contribution in [-0.4, -0.2) is 41.6 Å². The van der Waals surface area contributed by atoms with Crippen molar-refractivity contribution in [2.45, 2.75) is 39.7 Å². The van der Waals surface area contributed by atoms with Crippen molar-refractivity contribution >= 4 is 11.8 Å². The van der Waals surface area contributed by atoms with Gasteiger partial charge >= 0.3 is 5.97 Å². The Kier molecular flexibility index (Phi) is 7.94. The monoisotopic (exact) mass is 442 g/mol. The third kappa shape index (κ3) is 5.70. The minimum atomic E-state index is -0.530.